The molecule has 3 heteroatoms. The molecule has 2 unspecified atom stereocenters. The molecule has 0 aromatic rings. The van der Waals surface area contributed by atoms with E-state index in [9.17, 15) is 0 Å². The van der Waals surface area contributed by atoms with Crippen LogP contribution in [0.1, 0.15) is 47.0 Å². The first kappa shape index (κ1) is 15.7. The first-order chi connectivity index (χ1) is 9.00. The lowest BCUT2D eigenvalue weighted by atomic mass is 9.82. The maximum absolute atomic E-state index is 3.91. The highest BCUT2D eigenvalue weighted by Gasteiger charge is 2.33. The zero-order valence-corrected chi connectivity index (χ0v) is 14.1. The third kappa shape index (κ3) is 4.12. The van der Waals surface area contributed by atoms with Crippen molar-refractivity contribution in [3.63, 3.8) is 0 Å². The smallest absolute Gasteiger partial charge is 0.0243 e. The molecule has 1 N–H and O–H groups in total. The zero-order chi connectivity index (χ0) is 13.9. The van der Waals surface area contributed by atoms with E-state index in [0.717, 1.165) is 12.0 Å². The summed E-state index contributed by atoms with van der Waals surface area (Å²) in [4.78, 5) is 2.71. The lowest BCUT2D eigenvalue weighted by molar-refractivity contribution is 0.164. The fourth-order valence-electron chi connectivity index (χ4n) is 3.39. The molecule has 112 valence electrons. The molecule has 2 saturated heterocycles. The van der Waals surface area contributed by atoms with Crippen molar-refractivity contribution >= 4 is 11.8 Å². The van der Waals surface area contributed by atoms with Gasteiger partial charge in [-0.25, -0.2) is 0 Å². The van der Waals surface area contributed by atoms with Crippen LogP contribution in [0.5, 0.6) is 0 Å². The van der Waals surface area contributed by atoms with E-state index in [1.165, 1.54) is 50.4 Å². The fourth-order valence-corrected chi connectivity index (χ4v) is 5.04. The quantitative estimate of drug-likeness (QED) is 0.834. The van der Waals surface area contributed by atoms with E-state index < -0.39 is 0 Å². The van der Waals surface area contributed by atoms with Gasteiger partial charge in [0.2, 0.25) is 0 Å². The second kappa shape index (κ2) is 6.82. The van der Waals surface area contributed by atoms with Crippen LogP contribution in [-0.4, -0.2) is 48.1 Å². The molecule has 2 rings (SSSR count). The largest absolute Gasteiger partial charge is 0.311 e. The van der Waals surface area contributed by atoms with Crippen molar-refractivity contribution in [3.8, 4) is 0 Å². The first-order valence-electron chi connectivity index (χ1n) is 8.06. The summed E-state index contributed by atoms with van der Waals surface area (Å²) in [5, 5.41) is 3.91. The van der Waals surface area contributed by atoms with E-state index in [4.69, 9.17) is 0 Å². The molecule has 0 saturated carbocycles. The number of nitrogens with zero attached hydrogens (tertiary/aromatic N) is 1. The van der Waals surface area contributed by atoms with Gasteiger partial charge in [0.05, 0.1) is 0 Å². The molecule has 2 aliphatic rings. The highest BCUT2D eigenvalue weighted by atomic mass is 32.2. The summed E-state index contributed by atoms with van der Waals surface area (Å²) in [5.74, 6) is 3.38. The van der Waals surface area contributed by atoms with Crippen molar-refractivity contribution in [2.75, 3.05) is 31.1 Å². The van der Waals surface area contributed by atoms with Gasteiger partial charge in [-0.2, -0.15) is 11.8 Å². The summed E-state index contributed by atoms with van der Waals surface area (Å²) in [6, 6.07) is 1.42. The van der Waals surface area contributed by atoms with Gasteiger partial charge >= 0.3 is 0 Å². The van der Waals surface area contributed by atoms with E-state index in [-0.39, 0.29) is 0 Å². The van der Waals surface area contributed by atoms with E-state index in [2.05, 4.69) is 49.7 Å². The predicted octanol–water partition coefficient (Wildman–Crippen LogP) is 3.23. The van der Waals surface area contributed by atoms with Gasteiger partial charge in [0.15, 0.2) is 0 Å². The molecule has 2 aliphatic heterocycles. The molecule has 0 radical (unpaired) electrons. The zero-order valence-electron chi connectivity index (χ0n) is 13.2. The van der Waals surface area contributed by atoms with Gasteiger partial charge in [-0.15, -0.1) is 0 Å². The van der Waals surface area contributed by atoms with Crippen molar-refractivity contribution in [2.45, 2.75) is 59.0 Å². The molecule has 0 aromatic heterocycles. The van der Waals surface area contributed by atoms with Crippen LogP contribution < -0.4 is 5.32 Å². The number of rotatable bonds is 5. The van der Waals surface area contributed by atoms with Gasteiger partial charge in [-0.05, 0) is 49.4 Å². The van der Waals surface area contributed by atoms with Gasteiger partial charge in [-0.3, -0.25) is 4.90 Å². The molecule has 0 bridgehead atoms. The van der Waals surface area contributed by atoms with Crippen LogP contribution in [0.4, 0.5) is 0 Å². The number of likely N-dealkylation sites (tertiary alicyclic amines) is 1. The third-order valence-electron chi connectivity index (χ3n) is 5.07. The van der Waals surface area contributed by atoms with Gasteiger partial charge in [0.25, 0.3) is 0 Å². The Morgan fingerprint density at radius 2 is 1.95 bits per heavy atom. The average molecular weight is 285 g/mol. The SMILES string of the molecule is CC(C)C(CNC1CSCCC1(C)C)N1CCCC1. The molecule has 0 amide bonds. The van der Waals surface area contributed by atoms with Crippen LogP contribution in [0.25, 0.3) is 0 Å². The van der Waals surface area contributed by atoms with Gasteiger partial charge < -0.3 is 5.32 Å². The van der Waals surface area contributed by atoms with Crippen molar-refractivity contribution in [1.29, 1.82) is 0 Å². The topological polar surface area (TPSA) is 15.3 Å². The lowest BCUT2D eigenvalue weighted by Gasteiger charge is -2.41. The van der Waals surface area contributed by atoms with Gasteiger partial charge in [0.1, 0.15) is 0 Å². The lowest BCUT2D eigenvalue weighted by Crippen LogP contribution is -2.52. The minimum Gasteiger partial charge on any atom is -0.311 e. The summed E-state index contributed by atoms with van der Waals surface area (Å²) in [6.07, 6.45) is 4.15. The van der Waals surface area contributed by atoms with Crippen LogP contribution >= 0.6 is 11.8 Å². The molecule has 0 aromatic carbocycles. The Balaban J connectivity index is 1.87. The Morgan fingerprint density at radius 3 is 2.53 bits per heavy atom. The van der Waals surface area contributed by atoms with E-state index in [1.54, 1.807) is 0 Å². The van der Waals surface area contributed by atoms with Crippen molar-refractivity contribution in [3.05, 3.63) is 0 Å². The summed E-state index contributed by atoms with van der Waals surface area (Å²) in [7, 11) is 0. The monoisotopic (exact) mass is 284 g/mol. The average Bonchev–Trinajstić information content (AvgIpc) is 2.84. The van der Waals surface area contributed by atoms with Crippen LogP contribution in [-0.2, 0) is 0 Å². The molecule has 0 aliphatic carbocycles. The van der Waals surface area contributed by atoms with Crippen molar-refractivity contribution in [1.82, 2.24) is 10.2 Å². The molecule has 2 heterocycles. The first-order valence-corrected chi connectivity index (χ1v) is 9.21. The standard InChI is InChI=1S/C16H32N2S/c1-13(2)14(18-8-5-6-9-18)11-17-15-12-19-10-7-16(15,3)4/h13-15,17H,5-12H2,1-4H3. The molecule has 2 atom stereocenters. The minimum atomic E-state index is 0.470. The molecule has 2 fully saturated rings. The van der Waals surface area contributed by atoms with Crippen LogP contribution in [0.3, 0.4) is 0 Å². The molecule has 0 spiro atoms. The minimum absolute atomic E-state index is 0.470. The van der Waals surface area contributed by atoms with Crippen LogP contribution in [0.2, 0.25) is 0 Å². The van der Waals surface area contributed by atoms with Crippen molar-refractivity contribution < 1.29 is 0 Å². The Labute approximate surface area is 124 Å². The predicted molar refractivity (Wildman–Crippen MR) is 86.9 cm³/mol. The van der Waals surface area contributed by atoms with E-state index in [0.29, 0.717) is 11.5 Å². The summed E-state index contributed by atoms with van der Waals surface area (Å²) in [5.41, 5.74) is 0.470. The summed E-state index contributed by atoms with van der Waals surface area (Å²) >= 11 is 2.12. The number of hydrogen-bond acceptors (Lipinski definition) is 3. The number of nitrogens with one attached hydrogen (secondary N) is 1. The Morgan fingerprint density at radius 1 is 1.26 bits per heavy atom. The normalized spacial score (nSPS) is 29.8. The third-order valence-corrected chi connectivity index (χ3v) is 6.13. The second-order valence-corrected chi connectivity index (χ2v) is 8.48. The fraction of sp³-hybridized carbons (Fsp3) is 1.00. The highest BCUT2D eigenvalue weighted by molar-refractivity contribution is 7.99. The Kier molecular flexibility index (Phi) is 5.62. The van der Waals surface area contributed by atoms with Crippen LogP contribution in [0, 0.1) is 11.3 Å². The van der Waals surface area contributed by atoms with Gasteiger partial charge in [-0.1, -0.05) is 27.7 Å². The Bertz CT molecular complexity index is 272. The maximum Gasteiger partial charge on any atom is 0.0243 e. The molecule has 19 heavy (non-hydrogen) atoms. The maximum atomic E-state index is 3.91. The second-order valence-electron chi connectivity index (χ2n) is 7.33. The summed E-state index contributed by atoms with van der Waals surface area (Å²) in [6.45, 7) is 13.4. The van der Waals surface area contributed by atoms with E-state index in [1.807, 2.05) is 0 Å². The number of hydrogen-bond donors (Lipinski definition) is 1. The highest BCUT2D eigenvalue weighted by Crippen LogP contribution is 2.34. The summed E-state index contributed by atoms with van der Waals surface area (Å²) < 4.78 is 0. The van der Waals surface area contributed by atoms with Crippen LogP contribution in [0.15, 0.2) is 0 Å². The Hall–Kier alpha value is 0.270. The molecular formula is C16H32N2S. The van der Waals surface area contributed by atoms with E-state index >= 15 is 0 Å². The molecule has 2 nitrogen and oxygen atoms in total. The van der Waals surface area contributed by atoms with Crippen molar-refractivity contribution in [2.24, 2.45) is 11.3 Å². The molecular weight excluding hydrogens is 252 g/mol. The van der Waals surface area contributed by atoms with Gasteiger partial charge in [0, 0.05) is 24.4 Å². The number of thioether (sulfide) groups is 1.